The zero-order valence-electron chi connectivity index (χ0n) is 10.4. The summed E-state index contributed by atoms with van der Waals surface area (Å²) in [5.41, 5.74) is 0.926. The predicted octanol–water partition coefficient (Wildman–Crippen LogP) is 1.64. The zero-order valence-corrected chi connectivity index (χ0v) is 11.2. The van der Waals surface area contributed by atoms with Crippen LogP contribution >= 0.6 is 11.3 Å². The van der Waals surface area contributed by atoms with Crippen molar-refractivity contribution in [1.82, 2.24) is 15.1 Å². The molecule has 0 aliphatic carbocycles. The maximum absolute atomic E-state index is 11.7. The molecule has 20 heavy (non-hydrogen) atoms. The minimum absolute atomic E-state index is 0.0152. The van der Waals surface area contributed by atoms with Gasteiger partial charge in [0.2, 0.25) is 5.76 Å². The minimum Gasteiger partial charge on any atom is -0.452 e. The molecule has 3 heterocycles. The van der Waals surface area contributed by atoms with Gasteiger partial charge in [0.05, 0.1) is 11.2 Å². The Morgan fingerprint density at radius 2 is 2.40 bits per heavy atom. The molecule has 0 saturated heterocycles. The third-order valence-corrected chi connectivity index (χ3v) is 3.44. The summed E-state index contributed by atoms with van der Waals surface area (Å²) in [6.45, 7) is 1.56. The maximum atomic E-state index is 11.7. The number of nitrogens with one attached hydrogen (secondary N) is 1. The van der Waals surface area contributed by atoms with Crippen LogP contribution in [0.2, 0.25) is 0 Å². The van der Waals surface area contributed by atoms with Crippen LogP contribution in [0.4, 0.5) is 0 Å². The largest absolute Gasteiger partial charge is 0.452 e. The van der Waals surface area contributed by atoms with Crippen LogP contribution in [0.3, 0.4) is 0 Å². The lowest BCUT2D eigenvalue weighted by Gasteiger charge is -2.01. The van der Waals surface area contributed by atoms with E-state index in [1.807, 2.05) is 0 Å². The van der Waals surface area contributed by atoms with Crippen molar-refractivity contribution >= 4 is 27.5 Å². The second-order valence-electron chi connectivity index (χ2n) is 4.06. The SMILES string of the molecule is Cc1cc(C(=O)OCc2nc3ccsc3c(=O)[nH]2)on1. The molecule has 8 heteroatoms. The van der Waals surface area contributed by atoms with Crippen molar-refractivity contribution in [2.75, 3.05) is 0 Å². The van der Waals surface area contributed by atoms with Crippen molar-refractivity contribution in [3.05, 3.63) is 45.1 Å². The van der Waals surface area contributed by atoms with Gasteiger partial charge in [-0.05, 0) is 18.4 Å². The van der Waals surface area contributed by atoms with Crippen molar-refractivity contribution in [3.8, 4) is 0 Å². The van der Waals surface area contributed by atoms with Gasteiger partial charge in [0.15, 0.2) is 0 Å². The van der Waals surface area contributed by atoms with E-state index in [2.05, 4.69) is 15.1 Å². The number of thiophene rings is 1. The van der Waals surface area contributed by atoms with Crippen molar-refractivity contribution < 1.29 is 14.1 Å². The fourth-order valence-corrected chi connectivity index (χ4v) is 2.38. The molecule has 0 spiro atoms. The van der Waals surface area contributed by atoms with Crippen LogP contribution in [0, 0.1) is 6.92 Å². The highest BCUT2D eigenvalue weighted by atomic mass is 32.1. The molecule has 0 aliphatic heterocycles. The van der Waals surface area contributed by atoms with Crippen LogP contribution < -0.4 is 5.56 Å². The van der Waals surface area contributed by atoms with Gasteiger partial charge < -0.3 is 14.2 Å². The summed E-state index contributed by atoms with van der Waals surface area (Å²) in [6.07, 6.45) is 0. The molecular weight excluding hydrogens is 282 g/mol. The monoisotopic (exact) mass is 291 g/mol. The number of fused-ring (bicyclic) bond motifs is 1. The molecule has 3 aromatic rings. The number of carbonyl (C=O) groups is 1. The quantitative estimate of drug-likeness (QED) is 0.736. The number of ether oxygens (including phenoxy) is 1. The van der Waals surface area contributed by atoms with Gasteiger partial charge in [0.1, 0.15) is 17.1 Å². The molecule has 0 aliphatic rings. The Bertz CT molecular complexity index is 832. The Hall–Kier alpha value is -2.48. The van der Waals surface area contributed by atoms with Gasteiger partial charge in [-0.15, -0.1) is 11.3 Å². The van der Waals surface area contributed by atoms with E-state index in [0.717, 1.165) is 0 Å². The number of rotatable bonds is 3. The molecule has 0 saturated carbocycles. The van der Waals surface area contributed by atoms with Gasteiger partial charge >= 0.3 is 5.97 Å². The molecule has 0 amide bonds. The Morgan fingerprint density at radius 1 is 1.55 bits per heavy atom. The number of aryl methyl sites for hydroxylation is 1. The highest BCUT2D eigenvalue weighted by Gasteiger charge is 2.14. The third kappa shape index (κ3) is 2.32. The molecule has 7 nitrogen and oxygen atoms in total. The molecule has 0 aromatic carbocycles. The minimum atomic E-state index is -0.654. The first-order chi connectivity index (χ1) is 9.63. The average molecular weight is 291 g/mol. The molecule has 0 unspecified atom stereocenters. The van der Waals surface area contributed by atoms with Gasteiger partial charge in [0, 0.05) is 6.07 Å². The van der Waals surface area contributed by atoms with Crippen LogP contribution in [0.15, 0.2) is 26.8 Å². The Balaban J connectivity index is 1.76. The Labute approximate surface area is 116 Å². The van der Waals surface area contributed by atoms with Gasteiger partial charge in [-0.3, -0.25) is 4.79 Å². The highest BCUT2D eigenvalue weighted by molar-refractivity contribution is 7.17. The highest BCUT2D eigenvalue weighted by Crippen LogP contribution is 2.14. The van der Waals surface area contributed by atoms with Crippen LogP contribution in [0.5, 0.6) is 0 Å². The molecule has 0 fully saturated rings. The summed E-state index contributed by atoms with van der Waals surface area (Å²) >= 11 is 1.31. The maximum Gasteiger partial charge on any atom is 0.377 e. The number of aromatic amines is 1. The lowest BCUT2D eigenvalue weighted by molar-refractivity contribution is 0.0415. The zero-order chi connectivity index (χ0) is 14.1. The van der Waals surface area contributed by atoms with Gasteiger partial charge in [0.25, 0.3) is 5.56 Å². The van der Waals surface area contributed by atoms with Crippen molar-refractivity contribution in [3.63, 3.8) is 0 Å². The summed E-state index contributed by atoms with van der Waals surface area (Å²) in [4.78, 5) is 30.1. The van der Waals surface area contributed by atoms with E-state index in [1.165, 1.54) is 17.4 Å². The molecule has 102 valence electrons. The van der Waals surface area contributed by atoms with E-state index in [0.29, 0.717) is 15.9 Å². The van der Waals surface area contributed by atoms with E-state index < -0.39 is 5.97 Å². The lowest BCUT2D eigenvalue weighted by Crippen LogP contribution is -2.13. The number of esters is 1. The van der Waals surface area contributed by atoms with Crippen molar-refractivity contribution in [1.29, 1.82) is 0 Å². The van der Waals surface area contributed by atoms with Crippen molar-refractivity contribution in [2.24, 2.45) is 0 Å². The second-order valence-corrected chi connectivity index (χ2v) is 4.97. The first kappa shape index (κ1) is 12.5. The first-order valence-corrected chi connectivity index (χ1v) is 6.58. The van der Waals surface area contributed by atoms with E-state index >= 15 is 0 Å². The normalized spacial score (nSPS) is 10.8. The van der Waals surface area contributed by atoms with Crippen LogP contribution in [-0.2, 0) is 11.3 Å². The van der Waals surface area contributed by atoms with Crippen LogP contribution in [-0.4, -0.2) is 21.1 Å². The number of hydrogen-bond donors (Lipinski definition) is 1. The van der Waals surface area contributed by atoms with E-state index in [-0.39, 0.29) is 23.8 Å². The summed E-state index contributed by atoms with van der Waals surface area (Å²) in [7, 11) is 0. The van der Waals surface area contributed by atoms with Crippen LogP contribution in [0.25, 0.3) is 10.2 Å². The predicted molar refractivity (Wildman–Crippen MR) is 70.6 cm³/mol. The fourth-order valence-electron chi connectivity index (χ4n) is 1.65. The smallest absolute Gasteiger partial charge is 0.377 e. The fraction of sp³-hybridized carbons (Fsp3) is 0.167. The van der Waals surface area contributed by atoms with Gasteiger partial charge in [-0.2, -0.15) is 0 Å². The third-order valence-electron chi connectivity index (χ3n) is 2.53. The Kier molecular flexibility index (Phi) is 3.07. The number of hydrogen-bond acceptors (Lipinski definition) is 7. The van der Waals surface area contributed by atoms with Crippen molar-refractivity contribution in [2.45, 2.75) is 13.5 Å². The molecule has 0 atom stereocenters. The van der Waals surface area contributed by atoms with E-state index in [1.54, 1.807) is 18.4 Å². The summed E-state index contributed by atoms with van der Waals surface area (Å²) in [6, 6.07) is 3.21. The molecule has 0 bridgehead atoms. The first-order valence-electron chi connectivity index (χ1n) is 5.70. The standard InChI is InChI=1S/C12H9N3O4S/c1-6-4-8(19-15-6)12(17)18-5-9-13-7-2-3-20-10(7)11(16)14-9/h2-4H,5H2,1H3,(H,13,14,16). The Morgan fingerprint density at radius 3 is 3.15 bits per heavy atom. The lowest BCUT2D eigenvalue weighted by atomic mass is 10.4. The number of H-pyrrole nitrogens is 1. The summed E-state index contributed by atoms with van der Waals surface area (Å²) in [5.74, 6) is -0.356. The molecule has 3 aromatic heterocycles. The number of aromatic nitrogens is 3. The van der Waals surface area contributed by atoms with Crippen LogP contribution in [0.1, 0.15) is 22.1 Å². The molecule has 1 N–H and O–H groups in total. The number of carbonyl (C=O) groups excluding carboxylic acids is 1. The van der Waals surface area contributed by atoms with E-state index in [9.17, 15) is 9.59 Å². The summed E-state index contributed by atoms with van der Waals surface area (Å²) < 4.78 is 10.3. The van der Waals surface area contributed by atoms with E-state index in [4.69, 9.17) is 9.26 Å². The number of nitrogens with zero attached hydrogens (tertiary/aromatic N) is 2. The molecular formula is C12H9N3O4S. The average Bonchev–Trinajstić information content (AvgIpc) is 3.04. The second kappa shape index (κ2) is 4.89. The topological polar surface area (TPSA) is 98.1 Å². The summed E-state index contributed by atoms with van der Waals surface area (Å²) in [5, 5.41) is 5.37. The molecule has 0 radical (unpaired) electrons. The molecule has 3 rings (SSSR count). The van der Waals surface area contributed by atoms with Gasteiger partial charge in [-0.25, -0.2) is 9.78 Å². The van der Waals surface area contributed by atoms with Gasteiger partial charge in [-0.1, -0.05) is 5.16 Å².